The molecule has 1 aromatic carbocycles. The SMILES string of the molecule is CC(C)NCC(C)c1ccc(C(C)(C)C)cc1. The van der Waals surface area contributed by atoms with Gasteiger partial charge in [0.05, 0.1) is 0 Å². The van der Waals surface area contributed by atoms with E-state index in [1.54, 1.807) is 0 Å². The number of rotatable bonds is 4. The Labute approximate surface area is 107 Å². The number of benzene rings is 1. The van der Waals surface area contributed by atoms with Gasteiger partial charge in [-0.25, -0.2) is 0 Å². The molecule has 0 aromatic heterocycles. The molecule has 17 heavy (non-hydrogen) atoms. The van der Waals surface area contributed by atoms with E-state index in [4.69, 9.17) is 0 Å². The molecule has 0 heterocycles. The average molecular weight is 233 g/mol. The minimum absolute atomic E-state index is 0.248. The molecule has 0 fully saturated rings. The number of hydrogen-bond acceptors (Lipinski definition) is 1. The lowest BCUT2D eigenvalue weighted by Gasteiger charge is -2.21. The average Bonchev–Trinajstić information content (AvgIpc) is 2.25. The lowest BCUT2D eigenvalue weighted by Crippen LogP contribution is -2.27. The third kappa shape index (κ3) is 4.51. The van der Waals surface area contributed by atoms with E-state index in [-0.39, 0.29) is 5.41 Å². The molecular weight excluding hydrogens is 206 g/mol. The summed E-state index contributed by atoms with van der Waals surface area (Å²) in [6, 6.07) is 9.63. The van der Waals surface area contributed by atoms with Crippen molar-refractivity contribution in [3.05, 3.63) is 35.4 Å². The normalized spacial score (nSPS) is 14.1. The second-order valence-electron chi connectivity index (χ2n) is 6.34. The van der Waals surface area contributed by atoms with Crippen LogP contribution in [0.4, 0.5) is 0 Å². The van der Waals surface area contributed by atoms with Gasteiger partial charge in [0.2, 0.25) is 0 Å². The summed E-state index contributed by atoms with van der Waals surface area (Å²) in [4.78, 5) is 0. The Bertz CT molecular complexity index is 330. The van der Waals surface area contributed by atoms with E-state index < -0.39 is 0 Å². The van der Waals surface area contributed by atoms with Crippen LogP contribution in [0.15, 0.2) is 24.3 Å². The summed E-state index contributed by atoms with van der Waals surface area (Å²) in [5, 5.41) is 3.49. The van der Waals surface area contributed by atoms with Crippen LogP contribution in [0.5, 0.6) is 0 Å². The zero-order chi connectivity index (χ0) is 13.1. The van der Waals surface area contributed by atoms with Crippen LogP contribution in [-0.4, -0.2) is 12.6 Å². The summed E-state index contributed by atoms with van der Waals surface area (Å²) in [5.41, 5.74) is 3.08. The second-order valence-corrected chi connectivity index (χ2v) is 6.34. The summed E-state index contributed by atoms with van der Waals surface area (Å²) in [6.07, 6.45) is 0. The predicted octanol–water partition coefficient (Wildman–Crippen LogP) is 4.09. The molecule has 0 amide bonds. The van der Waals surface area contributed by atoms with E-state index in [1.807, 2.05) is 0 Å². The first-order chi connectivity index (χ1) is 7.80. The lowest BCUT2D eigenvalue weighted by atomic mass is 9.86. The number of nitrogens with one attached hydrogen (secondary N) is 1. The third-order valence-corrected chi connectivity index (χ3v) is 3.18. The van der Waals surface area contributed by atoms with Gasteiger partial charge in [-0.2, -0.15) is 0 Å². The smallest absolute Gasteiger partial charge is 0.00198 e. The molecule has 1 rings (SSSR count). The Hall–Kier alpha value is -0.820. The maximum absolute atomic E-state index is 3.49. The topological polar surface area (TPSA) is 12.0 Å². The van der Waals surface area contributed by atoms with Crippen LogP contribution in [0, 0.1) is 0 Å². The Kier molecular flexibility index (Phi) is 4.76. The zero-order valence-corrected chi connectivity index (χ0v) is 12.2. The minimum Gasteiger partial charge on any atom is -0.314 e. The molecule has 0 aliphatic rings. The van der Waals surface area contributed by atoms with Crippen molar-refractivity contribution in [3.8, 4) is 0 Å². The fraction of sp³-hybridized carbons (Fsp3) is 0.625. The van der Waals surface area contributed by atoms with Gasteiger partial charge < -0.3 is 5.32 Å². The maximum atomic E-state index is 3.49. The first-order valence-corrected chi connectivity index (χ1v) is 6.64. The molecule has 1 N–H and O–H groups in total. The quantitative estimate of drug-likeness (QED) is 0.826. The molecule has 1 heteroatoms. The van der Waals surface area contributed by atoms with Gasteiger partial charge >= 0.3 is 0 Å². The molecule has 0 saturated carbocycles. The minimum atomic E-state index is 0.248. The highest BCUT2D eigenvalue weighted by atomic mass is 14.9. The van der Waals surface area contributed by atoms with Crippen molar-refractivity contribution in [2.24, 2.45) is 0 Å². The van der Waals surface area contributed by atoms with Gasteiger partial charge in [0.25, 0.3) is 0 Å². The highest BCUT2D eigenvalue weighted by Gasteiger charge is 2.14. The van der Waals surface area contributed by atoms with Crippen molar-refractivity contribution in [1.29, 1.82) is 0 Å². The van der Waals surface area contributed by atoms with Crippen molar-refractivity contribution in [1.82, 2.24) is 5.32 Å². The summed E-state index contributed by atoms with van der Waals surface area (Å²) < 4.78 is 0. The largest absolute Gasteiger partial charge is 0.314 e. The number of hydrogen-bond donors (Lipinski definition) is 1. The van der Waals surface area contributed by atoms with Crippen LogP contribution in [-0.2, 0) is 5.41 Å². The van der Waals surface area contributed by atoms with Crippen molar-refractivity contribution in [2.75, 3.05) is 6.54 Å². The fourth-order valence-electron chi connectivity index (χ4n) is 1.84. The monoisotopic (exact) mass is 233 g/mol. The summed E-state index contributed by atoms with van der Waals surface area (Å²) >= 11 is 0. The van der Waals surface area contributed by atoms with E-state index in [2.05, 4.69) is 71.1 Å². The van der Waals surface area contributed by atoms with E-state index in [1.165, 1.54) is 11.1 Å². The molecular formula is C16H27N. The van der Waals surface area contributed by atoms with Crippen molar-refractivity contribution in [3.63, 3.8) is 0 Å². The van der Waals surface area contributed by atoms with Crippen LogP contribution < -0.4 is 5.32 Å². The molecule has 1 aromatic rings. The van der Waals surface area contributed by atoms with Gasteiger partial charge in [0.15, 0.2) is 0 Å². The molecule has 1 unspecified atom stereocenters. The van der Waals surface area contributed by atoms with Crippen molar-refractivity contribution >= 4 is 0 Å². The molecule has 96 valence electrons. The van der Waals surface area contributed by atoms with Crippen LogP contribution in [0.3, 0.4) is 0 Å². The third-order valence-electron chi connectivity index (χ3n) is 3.18. The molecule has 1 atom stereocenters. The van der Waals surface area contributed by atoms with Gasteiger partial charge in [0.1, 0.15) is 0 Å². The van der Waals surface area contributed by atoms with Crippen molar-refractivity contribution < 1.29 is 0 Å². The van der Waals surface area contributed by atoms with Gasteiger partial charge in [-0.3, -0.25) is 0 Å². The molecule has 0 spiro atoms. The van der Waals surface area contributed by atoms with Gasteiger partial charge in [-0.1, -0.05) is 65.8 Å². The van der Waals surface area contributed by atoms with Crippen LogP contribution in [0.25, 0.3) is 0 Å². The highest BCUT2D eigenvalue weighted by molar-refractivity contribution is 5.29. The van der Waals surface area contributed by atoms with Crippen LogP contribution in [0.2, 0.25) is 0 Å². The molecule has 0 saturated heterocycles. The van der Waals surface area contributed by atoms with E-state index in [0.29, 0.717) is 12.0 Å². The first kappa shape index (κ1) is 14.2. The Morgan fingerprint density at radius 3 is 1.94 bits per heavy atom. The molecule has 0 radical (unpaired) electrons. The highest BCUT2D eigenvalue weighted by Crippen LogP contribution is 2.24. The van der Waals surface area contributed by atoms with E-state index in [0.717, 1.165) is 6.54 Å². The summed E-state index contributed by atoms with van der Waals surface area (Å²) in [5.74, 6) is 0.575. The lowest BCUT2D eigenvalue weighted by molar-refractivity contribution is 0.547. The molecule has 0 aliphatic carbocycles. The fourth-order valence-corrected chi connectivity index (χ4v) is 1.84. The Balaban J connectivity index is 2.67. The zero-order valence-electron chi connectivity index (χ0n) is 12.2. The van der Waals surface area contributed by atoms with Crippen molar-refractivity contribution in [2.45, 2.75) is 58.9 Å². The van der Waals surface area contributed by atoms with Crippen LogP contribution in [0.1, 0.15) is 58.6 Å². The summed E-state index contributed by atoms with van der Waals surface area (Å²) in [6.45, 7) is 14.5. The van der Waals surface area contributed by atoms with Gasteiger partial charge in [-0.05, 0) is 22.5 Å². The molecule has 0 bridgehead atoms. The predicted molar refractivity (Wildman–Crippen MR) is 76.7 cm³/mol. The maximum Gasteiger partial charge on any atom is 0.00198 e. The Morgan fingerprint density at radius 1 is 1.00 bits per heavy atom. The molecule has 1 nitrogen and oxygen atoms in total. The van der Waals surface area contributed by atoms with E-state index in [9.17, 15) is 0 Å². The molecule has 0 aliphatic heterocycles. The Morgan fingerprint density at radius 2 is 1.53 bits per heavy atom. The van der Waals surface area contributed by atoms with Gasteiger partial charge in [-0.15, -0.1) is 0 Å². The summed E-state index contributed by atoms with van der Waals surface area (Å²) in [7, 11) is 0. The standard InChI is InChI=1S/C16H27N/c1-12(2)17-11-13(3)14-7-9-15(10-8-14)16(4,5)6/h7-10,12-13,17H,11H2,1-6H3. The van der Waals surface area contributed by atoms with Crippen LogP contribution >= 0.6 is 0 Å². The first-order valence-electron chi connectivity index (χ1n) is 6.64. The van der Waals surface area contributed by atoms with Gasteiger partial charge in [0, 0.05) is 12.6 Å². The second kappa shape index (κ2) is 5.68. The van der Waals surface area contributed by atoms with E-state index >= 15 is 0 Å².